The summed E-state index contributed by atoms with van der Waals surface area (Å²) in [7, 11) is -3.89. The molecule has 1 aliphatic heterocycles. The van der Waals surface area contributed by atoms with Crippen molar-refractivity contribution >= 4 is 27.3 Å². The minimum atomic E-state index is -3.89. The summed E-state index contributed by atoms with van der Waals surface area (Å²) in [5, 5.41) is 3.40. The van der Waals surface area contributed by atoms with Gasteiger partial charge in [0.2, 0.25) is 26.6 Å². The Kier molecular flexibility index (Phi) is 5.63. The van der Waals surface area contributed by atoms with Gasteiger partial charge in [-0.1, -0.05) is 29.3 Å². The second-order valence-corrected chi connectivity index (χ2v) is 9.29. The molecule has 152 valence electrons. The minimum Gasteiger partial charge on any atom is -0.419 e. The third-order valence-corrected chi connectivity index (χ3v) is 6.72. The molecule has 29 heavy (non-hydrogen) atoms. The molecule has 1 aliphatic rings. The van der Waals surface area contributed by atoms with E-state index in [1.807, 2.05) is 31.2 Å². The van der Waals surface area contributed by atoms with E-state index in [-0.39, 0.29) is 27.8 Å². The topological polar surface area (TPSA) is 81.4 Å². The zero-order valence-electron chi connectivity index (χ0n) is 15.9. The van der Waals surface area contributed by atoms with Crippen LogP contribution in [0.2, 0.25) is 5.02 Å². The van der Waals surface area contributed by atoms with Crippen LogP contribution in [0.4, 0.5) is 5.88 Å². The van der Waals surface area contributed by atoms with Crippen LogP contribution in [0.1, 0.15) is 18.4 Å². The standard InChI is InChI=1S/C21H21ClN2O4S/c1-14-4-6-15(7-5-14)19-24-21(20(28-19)23-13-17-3-2-12-27-17)29(25,26)18-10-8-16(22)9-11-18/h4-11,17,23H,2-3,12-13H2,1H3. The molecule has 2 aromatic carbocycles. The Hall–Kier alpha value is -2.35. The van der Waals surface area contributed by atoms with E-state index >= 15 is 0 Å². The first-order valence-corrected chi connectivity index (χ1v) is 11.2. The molecule has 1 aromatic heterocycles. The van der Waals surface area contributed by atoms with Crippen molar-refractivity contribution < 1.29 is 17.6 Å². The molecule has 0 aliphatic carbocycles. The first-order valence-electron chi connectivity index (χ1n) is 9.37. The summed E-state index contributed by atoms with van der Waals surface area (Å²) in [4.78, 5) is 4.44. The number of aromatic nitrogens is 1. The highest BCUT2D eigenvalue weighted by molar-refractivity contribution is 7.91. The lowest BCUT2D eigenvalue weighted by molar-refractivity contribution is 0.120. The Balaban J connectivity index is 1.73. The predicted molar refractivity (Wildman–Crippen MR) is 111 cm³/mol. The fourth-order valence-electron chi connectivity index (χ4n) is 3.16. The molecule has 0 spiro atoms. The maximum Gasteiger partial charge on any atom is 0.233 e. The molecule has 3 aromatic rings. The molecule has 1 atom stereocenters. The van der Waals surface area contributed by atoms with Crippen LogP contribution in [0.25, 0.3) is 11.5 Å². The smallest absolute Gasteiger partial charge is 0.233 e. The van der Waals surface area contributed by atoms with Crippen molar-refractivity contribution in [2.24, 2.45) is 0 Å². The summed E-state index contributed by atoms with van der Waals surface area (Å²) in [5.41, 5.74) is 1.79. The van der Waals surface area contributed by atoms with Crippen molar-refractivity contribution in [3.05, 3.63) is 59.1 Å². The molecule has 1 fully saturated rings. The Morgan fingerprint density at radius 2 is 1.86 bits per heavy atom. The molecule has 0 saturated carbocycles. The van der Waals surface area contributed by atoms with Crippen LogP contribution in [0.3, 0.4) is 0 Å². The fourth-order valence-corrected chi connectivity index (χ4v) is 4.56. The SMILES string of the molecule is Cc1ccc(-c2nc(S(=O)(=O)c3ccc(Cl)cc3)c(NCC3CCCO3)o2)cc1. The number of halogens is 1. The Bertz CT molecular complexity index is 1090. The first-order chi connectivity index (χ1) is 13.9. The molecule has 1 unspecified atom stereocenters. The van der Waals surface area contributed by atoms with Gasteiger partial charge in [0.1, 0.15) is 0 Å². The monoisotopic (exact) mass is 432 g/mol. The Labute approximate surface area is 174 Å². The number of hydrogen-bond acceptors (Lipinski definition) is 6. The van der Waals surface area contributed by atoms with Crippen molar-refractivity contribution in [2.75, 3.05) is 18.5 Å². The molecular formula is C21H21ClN2O4S. The molecule has 0 bridgehead atoms. The van der Waals surface area contributed by atoms with Crippen molar-refractivity contribution in [1.29, 1.82) is 0 Å². The van der Waals surface area contributed by atoms with E-state index in [0.717, 1.165) is 18.4 Å². The maximum atomic E-state index is 13.2. The van der Waals surface area contributed by atoms with Crippen LogP contribution >= 0.6 is 11.6 Å². The lowest BCUT2D eigenvalue weighted by atomic mass is 10.1. The van der Waals surface area contributed by atoms with Crippen molar-refractivity contribution in [1.82, 2.24) is 4.98 Å². The summed E-state index contributed by atoms with van der Waals surface area (Å²) >= 11 is 5.90. The number of rotatable bonds is 6. The number of oxazole rings is 1. The number of nitrogens with one attached hydrogen (secondary N) is 1. The number of nitrogens with zero attached hydrogens (tertiary/aromatic N) is 1. The fraction of sp³-hybridized carbons (Fsp3) is 0.286. The summed E-state index contributed by atoms with van der Waals surface area (Å²) in [6, 6.07) is 13.5. The van der Waals surface area contributed by atoms with E-state index in [1.54, 1.807) is 0 Å². The number of ether oxygens (including phenoxy) is 1. The molecule has 1 saturated heterocycles. The van der Waals surface area contributed by atoms with Crippen molar-refractivity contribution in [2.45, 2.75) is 35.8 Å². The van der Waals surface area contributed by atoms with E-state index < -0.39 is 9.84 Å². The zero-order chi connectivity index (χ0) is 20.4. The largest absolute Gasteiger partial charge is 0.419 e. The van der Waals surface area contributed by atoms with Gasteiger partial charge in [-0.2, -0.15) is 4.98 Å². The quantitative estimate of drug-likeness (QED) is 0.606. The average Bonchev–Trinajstić information content (AvgIpc) is 3.37. The average molecular weight is 433 g/mol. The number of sulfone groups is 1. The molecular weight excluding hydrogens is 412 g/mol. The summed E-state index contributed by atoms with van der Waals surface area (Å²) in [5.74, 6) is 0.360. The van der Waals surface area contributed by atoms with E-state index in [4.69, 9.17) is 20.8 Å². The van der Waals surface area contributed by atoms with Crippen LogP contribution in [0.15, 0.2) is 62.9 Å². The summed E-state index contributed by atoms with van der Waals surface area (Å²) in [6.07, 6.45) is 1.94. The molecule has 6 nitrogen and oxygen atoms in total. The predicted octanol–water partition coefficient (Wildman–Crippen LogP) is 4.73. The van der Waals surface area contributed by atoms with E-state index in [9.17, 15) is 8.42 Å². The van der Waals surface area contributed by atoms with Gasteiger partial charge in [-0.15, -0.1) is 0 Å². The second kappa shape index (κ2) is 8.18. The van der Waals surface area contributed by atoms with Gasteiger partial charge in [-0.25, -0.2) is 8.42 Å². The molecule has 0 amide bonds. The third kappa shape index (κ3) is 4.32. The molecule has 8 heteroatoms. The Morgan fingerprint density at radius 1 is 1.14 bits per heavy atom. The highest BCUT2D eigenvalue weighted by atomic mass is 35.5. The first kappa shape index (κ1) is 19.9. The van der Waals surface area contributed by atoms with E-state index in [1.165, 1.54) is 24.3 Å². The number of hydrogen-bond donors (Lipinski definition) is 1. The van der Waals surface area contributed by atoms with Crippen LogP contribution in [-0.2, 0) is 14.6 Å². The maximum absolute atomic E-state index is 13.2. The third-order valence-electron chi connectivity index (χ3n) is 4.79. The Morgan fingerprint density at radius 3 is 2.52 bits per heavy atom. The molecule has 1 N–H and O–H groups in total. The van der Waals surface area contributed by atoms with E-state index in [2.05, 4.69) is 10.3 Å². The van der Waals surface area contributed by atoms with Gasteiger partial charge < -0.3 is 14.5 Å². The zero-order valence-corrected chi connectivity index (χ0v) is 17.5. The van der Waals surface area contributed by atoms with Crippen LogP contribution in [0.5, 0.6) is 0 Å². The molecule has 0 radical (unpaired) electrons. The van der Waals surface area contributed by atoms with Crippen molar-refractivity contribution in [3.8, 4) is 11.5 Å². The van der Waals surface area contributed by atoms with Crippen LogP contribution in [0, 0.1) is 6.92 Å². The van der Waals surface area contributed by atoms with Crippen LogP contribution < -0.4 is 5.32 Å². The highest BCUT2D eigenvalue weighted by Crippen LogP contribution is 2.33. The van der Waals surface area contributed by atoms with Gasteiger partial charge in [0.25, 0.3) is 0 Å². The second-order valence-electron chi connectivity index (χ2n) is 6.99. The van der Waals surface area contributed by atoms with Gasteiger partial charge in [0.05, 0.1) is 11.0 Å². The van der Waals surface area contributed by atoms with Gasteiger partial charge >= 0.3 is 0 Å². The summed E-state index contributed by atoms with van der Waals surface area (Å²) < 4.78 is 37.9. The lowest BCUT2D eigenvalue weighted by Crippen LogP contribution is -2.19. The molecule has 4 rings (SSSR count). The molecule has 2 heterocycles. The minimum absolute atomic E-state index is 0.0222. The lowest BCUT2D eigenvalue weighted by Gasteiger charge is -2.10. The number of anilines is 1. The summed E-state index contributed by atoms with van der Waals surface area (Å²) in [6.45, 7) is 3.14. The number of benzene rings is 2. The van der Waals surface area contributed by atoms with Crippen molar-refractivity contribution in [3.63, 3.8) is 0 Å². The van der Waals surface area contributed by atoms with Gasteiger partial charge in [-0.05, 0) is 56.2 Å². The number of aryl methyl sites for hydroxylation is 1. The van der Waals surface area contributed by atoms with Gasteiger partial charge in [0.15, 0.2) is 0 Å². The normalized spacial score (nSPS) is 16.8. The highest BCUT2D eigenvalue weighted by Gasteiger charge is 2.29. The van der Waals surface area contributed by atoms with E-state index in [0.29, 0.717) is 23.7 Å². The van der Waals surface area contributed by atoms with Gasteiger partial charge in [0, 0.05) is 23.7 Å². The van der Waals surface area contributed by atoms with Gasteiger partial charge in [-0.3, -0.25) is 0 Å². The van der Waals surface area contributed by atoms with Crippen LogP contribution in [-0.4, -0.2) is 32.7 Å².